The summed E-state index contributed by atoms with van der Waals surface area (Å²) >= 11 is 1.55. The third-order valence-electron chi connectivity index (χ3n) is 13.9. The van der Waals surface area contributed by atoms with Gasteiger partial charge in [0.15, 0.2) is 22.5 Å². The van der Waals surface area contributed by atoms with Crippen LogP contribution in [0.4, 0.5) is 22.6 Å². The number of anilines is 4. The van der Waals surface area contributed by atoms with Gasteiger partial charge >= 0.3 is 5.97 Å². The molecule has 13 nitrogen and oxygen atoms in total. The molecule has 5 atom stereocenters. The summed E-state index contributed by atoms with van der Waals surface area (Å²) in [6, 6.07) is 13.5. The number of carbonyl (C=O) groups is 1. The smallest absolute Gasteiger partial charge is 0.355 e. The van der Waals surface area contributed by atoms with Gasteiger partial charge in [-0.25, -0.2) is 14.8 Å². The van der Waals surface area contributed by atoms with Crippen molar-refractivity contribution in [3.8, 4) is 11.1 Å². The van der Waals surface area contributed by atoms with Crippen LogP contribution in [0.2, 0.25) is 0 Å². The first-order valence-corrected chi connectivity index (χ1v) is 20.6. The third kappa shape index (κ3) is 5.50. The molecule has 4 aromatic heterocycles. The van der Waals surface area contributed by atoms with E-state index in [-0.39, 0.29) is 34.1 Å². The molecule has 5 aromatic rings. The van der Waals surface area contributed by atoms with Crippen LogP contribution in [0.5, 0.6) is 0 Å². The fraction of sp³-hybridized carbons (Fsp3) is 0.524. The number of carboxylic acids is 1. The minimum absolute atomic E-state index is 0.0359. The van der Waals surface area contributed by atoms with Crippen molar-refractivity contribution < 1.29 is 19.7 Å². The second-order valence-corrected chi connectivity index (χ2v) is 18.5. The van der Waals surface area contributed by atoms with Crippen LogP contribution in [0.15, 0.2) is 48.7 Å². The molecule has 4 aliphatic carbocycles. The van der Waals surface area contributed by atoms with Crippen molar-refractivity contribution in [2.45, 2.75) is 84.8 Å². The van der Waals surface area contributed by atoms with E-state index >= 15 is 0 Å². The molecule has 294 valence electrons. The van der Waals surface area contributed by atoms with Crippen molar-refractivity contribution in [1.82, 2.24) is 35.3 Å². The van der Waals surface area contributed by atoms with Gasteiger partial charge in [0.1, 0.15) is 5.82 Å². The number of thiazole rings is 1. The van der Waals surface area contributed by atoms with Crippen molar-refractivity contribution in [2.24, 2.45) is 21.7 Å². The van der Waals surface area contributed by atoms with Crippen LogP contribution in [0.25, 0.3) is 21.3 Å². The van der Waals surface area contributed by atoms with Crippen LogP contribution >= 0.6 is 11.3 Å². The molecule has 4 N–H and O–H groups in total. The third-order valence-corrected chi connectivity index (χ3v) is 14.9. The number of nitrogens with one attached hydrogen (secondary N) is 2. The highest BCUT2D eigenvalue weighted by atomic mass is 32.1. The standard InChI is InChI=1S/C42H51N9O4S/c1-26-18-33(48-49-35(26)47-37-45-30-10-6-7-11-31(30)56-37)50(5)32-13-12-28(34(46-32)36(53)54)29-19-44-51(27(29)2)25-40-21-38(3)20-39(4)22-41(23-40,42(38,39)24-40)55-17-15-43-14-8-9-16-52/h6-7,10-13,18-19,43,52H,8-9,14-17,20-25H2,1-5H3,(H,53,54)(H,45,47,49). The highest BCUT2D eigenvalue weighted by molar-refractivity contribution is 7.22. The van der Waals surface area contributed by atoms with E-state index in [4.69, 9.17) is 14.9 Å². The lowest BCUT2D eigenvalue weighted by Gasteiger charge is -2.82. The maximum atomic E-state index is 12.8. The summed E-state index contributed by atoms with van der Waals surface area (Å²) in [5.74, 6) is 0.474. The van der Waals surface area contributed by atoms with E-state index in [1.165, 1.54) is 12.8 Å². The molecule has 9 rings (SSSR count). The lowest BCUT2D eigenvalue weighted by Crippen LogP contribution is -2.81. The Balaban J connectivity index is 0.920. The Kier molecular flexibility index (Phi) is 8.80. The number of rotatable bonds is 16. The highest BCUT2D eigenvalue weighted by Gasteiger charge is 2.93. The highest BCUT2D eigenvalue weighted by Crippen LogP contribution is 2.95. The monoisotopic (exact) mass is 777 g/mol. The topological polar surface area (TPSA) is 163 Å². The second kappa shape index (κ2) is 13.3. The molecule has 4 aliphatic rings. The number of aromatic carboxylic acids is 1. The predicted octanol–water partition coefficient (Wildman–Crippen LogP) is 7.28. The van der Waals surface area contributed by atoms with Gasteiger partial charge in [0.05, 0.1) is 28.6 Å². The van der Waals surface area contributed by atoms with Gasteiger partial charge < -0.3 is 30.5 Å². The minimum atomic E-state index is -1.10. The first kappa shape index (κ1) is 37.1. The fourth-order valence-corrected chi connectivity index (χ4v) is 13.1. The van der Waals surface area contributed by atoms with Crippen molar-refractivity contribution >= 4 is 50.1 Å². The molecule has 0 radical (unpaired) electrons. The molecule has 4 heterocycles. The second-order valence-electron chi connectivity index (χ2n) is 17.5. The van der Waals surface area contributed by atoms with Crippen LogP contribution in [-0.4, -0.2) is 85.1 Å². The van der Waals surface area contributed by atoms with Gasteiger partial charge in [-0.15, -0.1) is 10.2 Å². The molecular weight excluding hydrogens is 727 g/mol. The van der Waals surface area contributed by atoms with Gasteiger partial charge in [-0.2, -0.15) is 5.10 Å². The molecule has 0 aliphatic heterocycles. The number of nitrogens with zero attached hydrogens (tertiary/aromatic N) is 7. The number of fused-ring (bicyclic) bond motifs is 2. The lowest BCUT2D eigenvalue weighted by atomic mass is 9.24. The average Bonchev–Trinajstić information content (AvgIpc) is 3.87. The minimum Gasteiger partial charge on any atom is -0.476 e. The number of aliphatic hydroxyl groups is 1. The van der Waals surface area contributed by atoms with E-state index in [0.29, 0.717) is 35.0 Å². The van der Waals surface area contributed by atoms with Crippen LogP contribution in [-0.2, 0) is 11.3 Å². The van der Waals surface area contributed by atoms with E-state index in [1.807, 2.05) is 56.3 Å². The van der Waals surface area contributed by atoms with Crippen LogP contribution in [0.1, 0.15) is 80.5 Å². The molecule has 1 aromatic carbocycles. The first-order valence-electron chi connectivity index (χ1n) is 19.8. The number of aryl methyl sites for hydroxylation is 1. The number of carboxylic acid groups (broad SMARTS) is 1. The SMILES string of the molecule is Cc1cc(N(C)c2ccc(-c3cnn(CC45CC6(C)CC7(C)CC(OCCNCCCCO)(C4)C67C5)c3C)c(C(=O)O)n2)nnc1Nc1nc2ccccc2s1. The van der Waals surface area contributed by atoms with Crippen LogP contribution < -0.4 is 15.5 Å². The number of ether oxygens (including phenoxy) is 1. The maximum absolute atomic E-state index is 12.8. The number of benzene rings is 1. The number of hydrogen-bond donors (Lipinski definition) is 4. The zero-order valence-corrected chi connectivity index (χ0v) is 33.7. The van der Waals surface area contributed by atoms with E-state index in [2.05, 4.69) is 49.3 Å². The Bertz CT molecular complexity index is 2310. The zero-order valence-electron chi connectivity index (χ0n) is 32.9. The summed E-state index contributed by atoms with van der Waals surface area (Å²) in [6.07, 6.45) is 9.31. The Morgan fingerprint density at radius 1 is 0.964 bits per heavy atom. The molecular formula is C42H51N9O4S. The molecule has 0 amide bonds. The van der Waals surface area contributed by atoms with Gasteiger partial charge in [0.25, 0.3) is 0 Å². The number of para-hydroxylation sites is 1. The molecule has 4 saturated carbocycles. The predicted molar refractivity (Wildman–Crippen MR) is 217 cm³/mol. The van der Waals surface area contributed by atoms with Crippen molar-refractivity contribution in [3.63, 3.8) is 0 Å². The van der Waals surface area contributed by atoms with Crippen molar-refractivity contribution in [3.05, 3.63) is 65.6 Å². The molecule has 4 fully saturated rings. The molecule has 14 heteroatoms. The number of pyridine rings is 1. The summed E-state index contributed by atoms with van der Waals surface area (Å²) < 4.78 is 10.1. The number of unbranched alkanes of at least 4 members (excludes halogenated alkanes) is 1. The Morgan fingerprint density at radius 3 is 2.55 bits per heavy atom. The number of aliphatic hydroxyl groups excluding tert-OH is 1. The normalized spacial score (nSPS) is 28.2. The largest absolute Gasteiger partial charge is 0.476 e. The van der Waals surface area contributed by atoms with Gasteiger partial charge in [0, 0.05) is 49.0 Å². The molecule has 2 bridgehead atoms. The average molecular weight is 778 g/mol. The van der Waals surface area contributed by atoms with Gasteiger partial charge in [-0.3, -0.25) is 4.68 Å². The number of aromatic nitrogens is 6. The van der Waals surface area contributed by atoms with Crippen molar-refractivity contribution in [1.29, 1.82) is 0 Å². The van der Waals surface area contributed by atoms with Gasteiger partial charge in [-0.1, -0.05) is 37.3 Å². The van der Waals surface area contributed by atoms with Crippen LogP contribution in [0, 0.1) is 35.5 Å². The quantitative estimate of drug-likeness (QED) is 0.0742. The van der Waals surface area contributed by atoms with E-state index in [9.17, 15) is 9.90 Å². The van der Waals surface area contributed by atoms with Gasteiger partial charge in [0.2, 0.25) is 0 Å². The van der Waals surface area contributed by atoms with E-state index in [0.717, 1.165) is 83.9 Å². The van der Waals surface area contributed by atoms with E-state index < -0.39 is 5.97 Å². The van der Waals surface area contributed by atoms with Crippen LogP contribution in [0.3, 0.4) is 0 Å². The summed E-state index contributed by atoms with van der Waals surface area (Å²) in [6.45, 7) is 12.4. The molecule has 56 heavy (non-hydrogen) atoms. The maximum Gasteiger partial charge on any atom is 0.355 e. The Labute approximate surface area is 330 Å². The summed E-state index contributed by atoms with van der Waals surface area (Å²) in [4.78, 5) is 23.8. The Morgan fingerprint density at radius 2 is 1.79 bits per heavy atom. The van der Waals surface area contributed by atoms with E-state index in [1.54, 1.807) is 29.5 Å². The van der Waals surface area contributed by atoms with Gasteiger partial charge in [-0.05, 0) is 117 Å². The Hall–Kier alpha value is -4.50. The molecule has 0 saturated heterocycles. The number of hydrogen-bond acceptors (Lipinski definition) is 12. The first-order chi connectivity index (χ1) is 26.8. The summed E-state index contributed by atoms with van der Waals surface area (Å²) in [7, 11) is 1.81. The zero-order chi connectivity index (χ0) is 39.1. The summed E-state index contributed by atoms with van der Waals surface area (Å²) in [5, 5.41) is 40.8. The summed E-state index contributed by atoms with van der Waals surface area (Å²) in [5.41, 5.74) is 4.77. The molecule has 1 spiro atoms. The van der Waals surface area contributed by atoms with Crippen molar-refractivity contribution in [2.75, 3.05) is 43.6 Å². The lowest BCUT2D eigenvalue weighted by molar-refractivity contribution is -0.387. The molecule has 5 unspecified atom stereocenters. The fourth-order valence-electron chi connectivity index (χ4n) is 12.3.